The molecule has 208 valence electrons. The summed E-state index contributed by atoms with van der Waals surface area (Å²) < 4.78 is 36.5. The number of benzene rings is 1. The van der Waals surface area contributed by atoms with Crippen LogP contribution in [0.1, 0.15) is 46.2 Å². The number of hydrogen-bond donors (Lipinski definition) is 5. The molecular formula is C27H37F2N5O4. The van der Waals surface area contributed by atoms with Gasteiger partial charge in [-0.3, -0.25) is 10.7 Å². The van der Waals surface area contributed by atoms with Crippen molar-refractivity contribution in [2.45, 2.75) is 53.6 Å². The molecule has 2 aromatic heterocycles. The van der Waals surface area contributed by atoms with Crippen LogP contribution in [0.3, 0.4) is 0 Å². The first kappa shape index (κ1) is 30.8. The van der Waals surface area contributed by atoms with Gasteiger partial charge in [-0.15, -0.1) is 0 Å². The van der Waals surface area contributed by atoms with Gasteiger partial charge in [-0.25, -0.2) is 9.37 Å². The van der Waals surface area contributed by atoms with Gasteiger partial charge in [0.25, 0.3) is 0 Å². The Kier molecular flexibility index (Phi) is 10.9. The van der Waals surface area contributed by atoms with E-state index in [0.29, 0.717) is 41.0 Å². The largest absolute Gasteiger partial charge is 0.489 e. The Morgan fingerprint density at radius 2 is 1.84 bits per heavy atom. The average molecular weight is 534 g/mol. The normalized spacial score (nSPS) is 12.9. The predicted molar refractivity (Wildman–Crippen MR) is 143 cm³/mol. The Bertz CT molecular complexity index is 1290. The molecule has 0 bridgehead atoms. The van der Waals surface area contributed by atoms with Crippen LogP contribution in [0.25, 0.3) is 16.8 Å². The zero-order valence-electron chi connectivity index (χ0n) is 22.4. The lowest BCUT2D eigenvalue weighted by Gasteiger charge is -2.21. The van der Waals surface area contributed by atoms with Gasteiger partial charge >= 0.3 is 0 Å². The smallest absolute Gasteiger partial charge is 0.208 e. The van der Waals surface area contributed by atoms with Crippen molar-refractivity contribution in [3.05, 3.63) is 65.3 Å². The highest BCUT2D eigenvalue weighted by Crippen LogP contribution is 2.35. The number of aliphatic imine (C=N–C) groups is 1. The molecular weight excluding hydrogens is 496 g/mol. The Hall–Kier alpha value is -3.38. The summed E-state index contributed by atoms with van der Waals surface area (Å²) in [5, 5.41) is 24.3. The maximum Gasteiger partial charge on any atom is 0.208 e. The van der Waals surface area contributed by atoms with Crippen molar-refractivity contribution in [2.24, 2.45) is 21.9 Å². The number of allylic oxidation sites excluding steroid dienone is 1. The van der Waals surface area contributed by atoms with Crippen LogP contribution in [0.4, 0.5) is 8.78 Å². The van der Waals surface area contributed by atoms with Gasteiger partial charge in [0, 0.05) is 42.2 Å². The summed E-state index contributed by atoms with van der Waals surface area (Å²) in [4.78, 5) is 8.49. The lowest BCUT2D eigenvalue weighted by Crippen LogP contribution is -2.17. The molecule has 0 aliphatic carbocycles. The van der Waals surface area contributed by atoms with Gasteiger partial charge in [0.15, 0.2) is 11.6 Å². The molecule has 1 aromatic carbocycles. The van der Waals surface area contributed by atoms with Crippen LogP contribution in [0, 0.1) is 17.0 Å². The molecule has 0 unspecified atom stereocenters. The summed E-state index contributed by atoms with van der Waals surface area (Å²) >= 11 is 0. The lowest BCUT2D eigenvalue weighted by molar-refractivity contribution is -0.0333. The fourth-order valence-corrected chi connectivity index (χ4v) is 3.85. The topological polar surface area (TPSA) is 152 Å². The number of fused-ring (bicyclic) bond motifs is 1. The van der Waals surface area contributed by atoms with Crippen molar-refractivity contribution >= 4 is 11.4 Å². The van der Waals surface area contributed by atoms with Crippen LogP contribution in [0.15, 0.2) is 52.9 Å². The molecule has 0 atom stereocenters. The summed E-state index contributed by atoms with van der Waals surface area (Å²) in [7, 11) is 1.69. The van der Waals surface area contributed by atoms with E-state index in [4.69, 9.17) is 20.7 Å². The number of halogens is 2. The summed E-state index contributed by atoms with van der Waals surface area (Å²) in [5.41, 5.74) is 15.2. The van der Waals surface area contributed by atoms with Crippen molar-refractivity contribution in [2.75, 3.05) is 13.7 Å². The number of aliphatic hydroxyl groups is 3. The standard InChI is InChI=1S/C26H32F2N4O2.CH5NO2/c1-16(30-5)19(22(29)12-26(2,3)4)10-11-34-25-20(7-8-21(27)24(25)28)17-6-9-23-31-13-18(15-33)32(23)14-17;2-1(3)4/h6-9,13-14,33H,10-12,15,29H2,1-5H3;1,3-4H,2H2/b22-19-,30-16?;. The second kappa shape index (κ2) is 13.4. The van der Waals surface area contributed by atoms with E-state index in [1.54, 1.807) is 36.0 Å². The molecule has 11 heteroatoms. The summed E-state index contributed by atoms with van der Waals surface area (Å²) in [6.45, 7) is 8.06. The first-order valence-corrected chi connectivity index (χ1v) is 12.0. The average Bonchev–Trinajstić information content (AvgIpc) is 3.24. The van der Waals surface area contributed by atoms with E-state index in [9.17, 15) is 13.9 Å². The van der Waals surface area contributed by atoms with Gasteiger partial charge in [0.2, 0.25) is 12.2 Å². The number of nitrogens with two attached hydrogens (primary N) is 2. The van der Waals surface area contributed by atoms with Gasteiger partial charge in [-0.05, 0) is 48.6 Å². The number of nitrogens with zero attached hydrogens (tertiary/aromatic N) is 3. The summed E-state index contributed by atoms with van der Waals surface area (Å²) in [6, 6.07) is 6.05. The number of pyridine rings is 1. The quantitative estimate of drug-likeness (QED) is 0.220. The van der Waals surface area contributed by atoms with Crippen LogP contribution < -0.4 is 16.2 Å². The number of aromatic nitrogens is 2. The number of ether oxygens (including phenoxy) is 1. The molecule has 0 radical (unpaired) electrons. The van der Waals surface area contributed by atoms with Crippen molar-refractivity contribution in [1.29, 1.82) is 0 Å². The molecule has 0 aliphatic heterocycles. The third-order valence-electron chi connectivity index (χ3n) is 5.58. The zero-order valence-corrected chi connectivity index (χ0v) is 22.4. The maximum atomic E-state index is 14.9. The van der Waals surface area contributed by atoms with Gasteiger partial charge in [-0.2, -0.15) is 4.39 Å². The fraction of sp³-hybridized carbons (Fsp3) is 0.407. The minimum atomic E-state index is -1.67. The number of aliphatic hydroxyl groups excluding tert-OH is 2. The van der Waals surface area contributed by atoms with Crippen LogP contribution in [-0.2, 0) is 6.61 Å². The highest BCUT2D eigenvalue weighted by atomic mass is 19.2. The Balaban J connectivity index is 0.00000118. The van der Waals surface area contributed by atoms with E-state index >= 15 is 0 Å². The SMILES string of the molecule is CN=C(C)/C(CCOc1c(-c2ccc3ncc(CO)n3c2)ccc(F)c1F)=C(\N)CC(C)(C)C.NC(O)O. The second-order valence-electron chi connectivity index (χ2n) is 9.85. The minimum absolute atomic E-state index is 0.00849. The van der Waals surface area contributed by atoms with Gasteiger partial charge in [0.05, 0.1) is 25.1 Å². The van der Waals surface area contributed by atoms with Crippen molar-refractivity contribution in [3.63, 3.8) is 0 Å². The van der Waals surface area contributed by atoms with Crippen LogP contribution in [0.2, 0.25) is 0 Å². The summed E-state index contributed by atoms with van der Waals surface area (Å²) in [6.07, 6.45) is 2.69. The molecule has 2 heterocycles. The molecule has 0 saturated heterocycles. The molecule has 0 fully saturated rings. The van der Waals surface area contributed by atoms with Crippen LogP contribution in [0.5, 0.6) is 5.75 Å². The molecule has 3 rings (SSSR count). The van der Waals surface area contributed by atoms with E-state index in [-0.39, 0.29) is 24.4 Å². The molecule has 7 N–H and O–H groups in total. The Morgan fingerprint density at radius 3 is 2.42 bits per heavy atom. The third-order valence-corrected chi connectivity index (χ3v) is 5.58. The lowest BCUT2D eigenvalue weighted by atomic mass is 9.88. The Labute approximate surface area is 221 Å². The highest BCUT2D eigenvalue weighted by Gasteiger charge is 2.19. The summed E-state index contributed by atoms with van der Waals surface area (Å²) in [5.74, 6) is -2.22. The van der Waals surface area contributed by atoms with Gasteiger partial charge < -0.3 is 30.2 Å². The van der Waals surface area contributed by atoms with Crippen molar-refractivity contribution in [1.82, 2.24) is 9.38 Å². The maximum absolute atomic E-state index is 14.9. The van der Waals surface area contributed by atoms with E-state index in [1.807, 2.05) is 6.92 Å². The van der Waals surface area contributed by atoms with Crippen LogP contribution >= 0.6 is 0 Å². The molecule has 0 spiro atoms. The highest BCUT2D eigenvalue weighted by molar-refractivity contribution is 5.98. The van der Waals surface area contributed by atoms with E-state index in [1.165, 1.54) is 6.07 Å². The molecule has 0 amide bonds. The monoisotopic (exact) mass is 533 g/mol. The minimum Gasteiger partial charge on any atom is -0.489 e. The van der Waals surface area contributed by atoms with Crippen molar-refractivity contribution in [3.8, 4) is 16.9 Å². The Morgan fingerprint density at radius 1 is 1.18 bits per heavy atom. The first-order valence-electron chi connectivity index (χ1n) is 12.0. The van der Waals surface area contributed by atoms with E-state index in [0.717, 1.165) is 17.4 Å². The van der Waals surface area contributed by atoms with E-state index in [2.05, 4.69) is 36.5 Å². The van der Waals surface area contributed by atoms with Crippen molar-refractivity contribution < 1.29 is 28.8 Å². The molecule has 0 saturated carbocycles. The molecule has 38 heavy (non-hydrogen) atoms. The van der Waals surface area contributed by atoms with Gasteiger partial charge in [-0.1, -0.05) is 20.8 Å². The first-order chi connectivity index (χ1) is 17.8. The number of rotatable bonds is 8. The number of hydrogen-bond acceptors (Lipinski definition) is 8. The fourth-order valence-electron chi connectivity index (χ4n) is 3.85. The number of imidazole rings is 1. The second-order valence-corrected chi connectivity index (χ2v) is 9.85. The van der Waals surface area contributed by atoms with Crippen LogP contribution in [-0.4, -0.2) is 50.5 Å². The predicted octanol–water partition coefficient (Wildman–Crippen LogP) is 3.49. The molecule has 0 aliphatic rings. The van der Waals surface area contributed by atoms with Gasteiger partial charge in [0.1, 0.15) is 5.65 Å². The zero-order chi connectivity index (χ0) is 28.6. The molecule has 9 nitrogen and oxygen atoms in total. The third kappa shape index (κ3) is 8.32. The molecule has 3 aromatic rings. The van der Waals surface area contributed by atoms with E-state index < -0.39 is 18.0 Å².